The molecule has 0 amide bonds. The first-order chi connectivity index (χ1) is 18.2. The number of aryl methyl sites for hydroxylation is 2. The van der Waals surface area contributed by atoms with E-state index in [0.29, 0.717) is 53.0 Å². The Morgan fingerprint density at radius 1 is 1.21 bits per heavy atom. The number of aliphatic hydroxyl groups is 1. The van der Waals surface area contributed by atoms with E-state index in [2.05, 4.69) is 15.3 Å². The van der Waals surface area contributed by atoms with Gasteiger partial charge in [-0.25, -0.2) is 13.5 Å². The Labute approximate surface area is 221 Å². The molecule has 0 spiro atoms. The van der Waals surface area contributed by atoms with E-state index in [1.807, 2.05) is 17.6 Å². The van der Waals surface area contributed by atoms with Crippen LogP contribution in [0.1, 0.15) is 49.0 Å². The number of ether oxygens (including phenoxy) is 1. The molecule has 5 aromatic rings. The van der Waals surface area contributed by atoms with E-state index in [1.54, 1.807) is 44.0 Å². The number of pyridine rings is 2. The second-order valence-electron chi connectivity index (χ2n) is 10.4. The van der Waals surface area contributed by atoms with Crippen LogP contribution in [-0.4, -0.2) is 47.8 Å². The lowest BCUT2D eigenvalue weighted by Crippen LogP contribution is -2.28. The molecule has 1 aliphatic heterocycles. The Hall–Kier alpha value is -3.28. The monoisotopic (exact) mass is 538 g/mol. The largest absolute Gasteiger partial charge is 0.385 e. The maximum absolute atomic E-state index is 16.0. The minimum Gasteiger partial charge on any atom is -0.385 e. The van der Waals surface area contributed by atoms with Gasteiger partial charge in [0.2, 0.25) is 0 Å². The van der Waals surface area contributed by atoms with Gasteiger partial charge in [-0.1, -0.05) is 5.21 Å². The minimum atomic E-state index is -1.40. The minimum absolute atomic E-state index is 0.00791. The van der Waals surface area contributed by atoms with E-state index in [9.17, 15) is 5.11 Å². The topological polar surface area (TPSA) is 90.9 Å². The fraction of sp³-hybridized carbons (Fsp3) is 0.407. The van der Waals surface area contributed by atoms with Crippen LogP contribution < -0.4 is 0 Å². The molecule has 1 saturated heterocycles. The molecule has 0 aliphatic carbocycles. The highest BCUT2D eigenvalue weighted by molar-refractivity contribution is 7.19. The molecule has 6 heterocycles. The lowest BCUT2D eigenvalue weighted by molar-refractivity contribution is 0.0543. The molecule has 0 saturated carbocycles. The zero-order chi connectivity index (χ0) is 26.8. The molecule has 1 atom stereocenters. The molecule has 11 heteroatoms. The van der Waals surface area contributed by atoms with Crippen molar-refractivity contribution >= 4 is 32.6 Å². The molecule has 0 bridgehead atoms. The summed E-state index contributed by atoms with van der Waals surface area (Å²) in [5.41, 5.74) is 2.30. The smallest absolute Gasteiger partial charge is 0.151 e. The van der Waals surface area contributed by atoms with E-state index < -0.39 is 23.3 Å². The van der Waals surface area contributed by atoms with Crippen LogP contribution in [0.15, 0.2) is 30.6 Å². The van der Waals surface area contributed by atoms with Crippen molar-refractivity contribution in [2.24, 2.45) is 13.0 Å². The fourth-order valence-corrected chi connectivity index (χ4v) is 6.81. The number of thiophene rings is 1. The SMILES string of the molecule is Cc1nnn(C)c1-c1cnc2c3c(F)c(C(C)(C)O)sc3n(C(c3ncccc3F)C3CCOCC3)c2c1. The van der Waals surface area contributed by atoms with Crippen molar-refractivity contribution in [3.05, 3.63) is 58.5 Å². The maximum atomic E-state index is 16.0. The van der Waals surface area contributed by atoms with Gasteiger partial charge in [-0.05, 0) is 57.7 Å². The summed E-state index contributed by atoms with van der Waals surface area (Å²) in [6.07, 6.45) is 4.67. The van der Waals surface area contributed by atoms with Crippen molar-refractivity contribution in [3.63, 3.8) is 0 Å². The molecular weight excluding hydrogens is 510 g/mol. The first kappa shape index (κ1) is 25.0. The highest BCUT2D eigenvalue weighted by Gasteiger charge is 2.36. The van der Waals surface area contributed by atoms with Crippen LogP contribution in [0.5, 0.6) is 0 Å². The summed E-state index contributed by atoms with van der Waals surface area (Å²) >= 11 is 1.17. The van der Waals surface area contributed by atoms with Gasteiger partial charge in [-0.15, -0.1) is 16.4 Å². The van der Waals surface area contributed by atoms with E-state index in [1.165, 1.54) is 17.4 Å². The molecule has 8 nitrogen and oxygen atoms in total. The second-order valence-corrected chi connectivity index (χ2v) is 11.4. The van der Waals surface area contributed by atoms with Gasteiger partial charge in [0.15, 0.2) is 5.82 Å². The quantitative estimate of drug-likeness (QED) is 0.328. The Bertz CT molecular complexity index is 1640. The zero-order valence-electron chi connectivity index (χ0n) is 21.6. The van der Waals surface area contributed by atoms with Crippen molar-refractivity contribution in [3.8, 4) is 11.3 Å². The molecule has 1 aliphatic rings. The standard InChI is InChI=1S/C27H28F2N6O2S/c1-14-23(34(4)33-32-14)16-12-18-22(31-13-16)19-20(29)25(27(2,3)36)38-26(19)35(18)24(15-7-10-37-11-8-15)21-17(28)6-5-9-30-21/h5-6,9,12-13,15,24,36H,7-8,10-11H2,1-4H3. The molecular formula is C27H28F2N6O2S. The summed E-state index contributed by atoms with van der Waals surface area (Å²) in [7, 11) is 1.81. The van der Waals surface area contributed by atoms with Gasteiger partial charge in [0.25, 0.3) is 0 Å². The fourth-order valence-electron chi connectivity index (χ4n) is 5.57. The Morgan fingerprint density at radius 3 is 2.63 bits per heavy atom. The summed E-state index contributed by atoms with van der Waals surface area (Å²) in [5.74, 6) is -0.937. The third-order valence-corrected chi connectivity index (χ3v) is 8.77. The first-order valence-electron chi connectivity index (χ1n) is 12.6. The van der Waals surface area contributed by atoms with E-state index >= 15 is 8.78 Å². The molecule has 38 heavy (non-hydrogen) atoms. The first-order valence-corrected chi connectivity index (χ1v) is 13.4. The van der Waals surface area contributed by atoms with Crippen LogP contribution in [0.2, 0.25) is 0 Å². The number of rotatable bonds is 5. The number of halogens is 2. The average molecular weight is 539 g/mol. The molecule has 1 unspecified atom stereocenters. The van der Waals surface area contributed by atoms with Gasteiger partial charge in [-0.2, -0.15) is 0 Å². The lowest BCUT2D eigenvalue weighted by atomic mass is 9.88. The van der Waals surface area contributed by atoms with Crippen molar-refractivity contribution in [2.45, 2.75) is 45.3 Å². The van der Waals surface area contributed by atoms with Crippen molar-refractivity contribution in [2.75, 3.05) is 13.2 Å². The van der Waals surface area contributed by atoms with Crippen LogP contribution in [0, 0.1) is 24.5 Å². The Balaban J connectivity index is 1.72. The van der Waals surface area contributed by atoms with Crippen LogP contribution in [-0.2, 0) is 17.4 Å². The van der Waals surface area contributed by atoms with Crippen LogP contribution in [0.3, 0.4) is 0 Å². The third-order valence-electron chi connectivity index (χ3n) is 7.30. The number of aromatic nitrogens is 6. The predicted molar refractivity (Wildman–Crippen MR) is 141 cm³/mol. The molecule has 5 aromatic heterocycles. The predicted octanol–water partition coefficient (Wildman–Crippen LogP) is 5.27. The van der Waals surface area contributed by atoms with E-state index in [0.717, 1.165) is 17.0 Å². The van der Waals surface area contributed by atoms with Crippen LogP contribution in [0.4, 0.5) is 8.78 Å². The molecule has 0 radical (unpaired) electrons. The number of fused-ring (bicyclic) bond motifs is 3. The Kier molecular flexibility index (Phi) is 6.04. The normalized spacial score (nSPS) is 16.1. The molecule has 6 rings (SSSR count). The molecule has 0 aromatic carbocycles. The van der Waals surface area contributed by atoms with Gasteiger partial charge < -0.3 is 14.4 Å². The average Bonchev–Trinajstić information content (AvgIpc) is 3.51. The maximum Gasteiger partial charge on any atom is 0.151 e. The Morgan fingerprint density at radius 2 is 1.97 bits per heavy atom. The number of hydrogen-bond acceptors (Lipinski definition) is 7. The van der Waals surface area contributed by atoms with Crippen molar-refractivity contribution < 1.29 is 18.6 Å². The van der Waals surface area contributed by atoms with Crippen LogP contribution >= 0.6 is 11.3 Å². The molecule has 1 fully saturated rings. The summed E-state index contributed by atoms with van der Waals surface area (Å²) in [6.45, 7) is 6.09. The number of hydrogen-bond donors (Lipinski definition) is 1. The third kappa shape index (κ3) is 3.91. The van der Waals surface area contributed by atoms with Gasteiger partial charge in [-0.3, -0.25) is 9.97 Å². The van der Waals surface area contributed by atoms with Gasteiger partial charge >= 0.3 is 0 Å². The summed E-state index contributed by atoms with van der Waals surface area (Å²) < 4.78 is 40.7. The summed E-state index contributed by atoms with van der Waals surface area (Å²) in [4.78, 5) is 10.0. The molecule has 198 valence electrons. The van der Waals surface area contributed by atoms with Gasteiger partial charge in [0.05, 0.1) is 50.0 Å². The van der Waals surface area contributed by atoms with E-state index in [-0.39, 0.29) is 10.8 Å². The second kappa shape index (κ2) is 9.18. The summed E-state index contributed by atoms with van der Waals surface area (Å²) in [6, 6.07) is 4.38. The van der Waals surface area contributed by atoms with Gasteiger partial charge in [0, 0.05) is 38.2 Å². The van der Waals surface area contributed by atoms with E-state index in [4.69, 9.17) is 9.72 Å². The van der Waals surface area contributed by atoms with Crippen molar-refractivity contribution in [1.82, 2.24) is 29.5 Å². The molecule has 1 N–H and O–H groups in total. The number of nitrogens with zero attached hydrogens (tertiary/aromatic N) is 6. The van der Waals surface area contributed by atoms with Crippen LogP contribution in [0.25, 0.3) is 32.5 Å². The zero-order valence-corrected chi connectivity index (χ0v) is 22.4. The lowest BCUT2D eigenvalue weighted by Gasteiger charge is -2.32. The van der Waals surface area contributed by atoms with Crippen molar-refractivity contribution in [1.29, 1.82) is 0 Å². The highest BCUT2D eigenvalue weighted by atomic mass is 32.1. The van der Waals surface area contributed by atoms with Gasteiger partial charge in [0.1, 0.15) is 10.6 Å². The highest BCUT2D eigenvalue weighted by Crippen LogP contribution is 2.46. The summed E-state index contributed by atoms with van der Waals surface area (Å²) in [5, 5.41) is 19.4.